The van der Waals surface area contributed by atoms with Crippen molar-refractivity contribution in [2.75, 3.05) is 0 Å². The molecule has 0 fully saturated rings. The van der Waals surface area contributed by atoms with Crippen LogP contribution in [0.1, 0.15) is 28.1 Å². The van der Waals surface area contributed by atoms with Crippen LogP contribution in [0.3, 0.4) is 0 Å². The highest BCUT2D eigenvalue weighted by atomic mass is 19.1. The fourth-order valence-electron chi connectivity index (χ4n) is 3.40. The second-order valence-corrected chi connectivity index (χ2v) is 7.42. The van der Waals surface area contributed by atoms with Gasteiger partial charge in [-0.25, -0.2) is 9.07 Å². The number of benzene rings is 2. The number of aromatic nitrogens is 3. The molecule has 2 aromatic heterocycles. The number of nitrogens with zero attached hydrogens (tertiary/aromatic N) is 5. The van der Waals surface area contributed by atoms with Gasteiger partial charge in [0.1, 0.15) is 23.2 Å². The molecule has 7 nitrogen and oxygen atoms in total. The van der Waals surface area contributed by atoms with Crippen molar-refractivity contribution >= 4 is 6.21 Å². The van der Waals surface area contributed by atoms with E-state index >= 15 is 0 Å². The molecule has 8 heteroatoms. The maximum Gasteiger partial charge on any atom is 0.289 e. The van der Waals surface area contributed by atoms with E-state index in [1.54, 1.807) is 31.5 Å². The first-order valence-electron chi connectivity index (χ1n) is 10.1. The van der Waals surface area contributed by atoms with Gasteiger partial charge in [-0.3, -0.25) is 4.79 Å². The second kappa shape index (κ2) is 8.93. The van der Waals surface area contributed by atoms with Gasteiger partial charge in [0.15, 0.2) is 0 Å². The quantitative estimate of drug-likeness (QED) is 0.422. The lowest BCUT2D eigenvalue weighted by Crippen LogP contribution is -2.22. The van der Waals surface area contributed by atoms with Crippen molar-refractivity contribution in [2.45, 2.75) is 20.8 Å². The smallest absolute Gasteiger partial charge is 0.289 e. The second-order valence-electron chi connectivity index (χ2n) is 7.42. The van der Waals surface area contributed by atoms with Crippen LogP contribution in [-0.4, -0.2) is 20.7 Å². The van der Waals surface area contributed by atoms with Crippen molar-refractivity contribution in [1.82, 2.24) is 14.5 Å². The highest BCUT2D eigenvalue weighted by Crippen LogP contribution is 2.29. The van der Waals surface area contributed by atoms with Crippen molar-refractivity contribution < 1.29 is 9.13 Å². The minimum Gasteiger partial charge on any atom is -0.438 e. The topological polar surface area (TPSA) is 85.2 Å². The molecule has 0 saturated heterocycles. The zero-order valence-electron chi connectivity index (χ0n) is 18.3. The zero-order valence-corrected chi connectivity index (χ0v) is 18.3. The molecule has 4 aromatic rings. The van der Waals surface area contributed by atoms with Crippen molar-refractivity contribution in [2.24, 2.45) is 5.10 Å². The Morgan fingerprint density at radius 2 is 1.79 bits per heavy atom. The summed E-state index contributed by atoms with van der Waals surface area (Å²) in [5.74, 6) is 0.394. The van der Waals surface area contributed by atoms with Crippen molar-refractivity contribution in [3.8, 4) is 23.4 Å². The SMILES string of the molecule is Cc1cc(C)n(/N=C/c2c(C)nn(-c3ccccc3)c2Oc2ccc(F)cc2)c(=O)c1C#N. The van der Waals surface area contributed by atoms with Crippen LogP contribution in [0.15, 0.2) is 70.6 Å². The van der Waals surface area contributed by atoms with Crippen LogP contribution in [0.5, 0.6) is 11.6 Å². The Morgan fingerprint density at radius 3 is 2.45 bits per heavy atom. The van der Waals surface area contributed by atoms with Gasteiger partial charge in [0.05, 0.1) is 23.2 Å². The average molecular weight is 441 g/mol. The highest BCUT2D eigenvalue weighted by molar-refractivity contribution is 5.85. The van der Waals surface area contributed by atoms with Crippen LogP contribution in [0.4, 0.5) is 4.39 Å². The number of para-hydroxylation sites is 1. The van der Waals surface area contributed by atoms with E-state index in [9.17, 15) is 14.4 Å². The van der Waals surface area contributed by atoms with E-state index in [1.807, 2.05) is 36.4 Å². The molecule has 0 aliphatic rings. The number of ether oxygens (including phenoxy) is 1. The van der Waals surface area contributed by atoms with E-state index in [2.05, 4.69) is 10.2 Å². The summed E-state index contributed by atoms with van der Waals surface area (Å²) in [6, 6.07) is 18.7. The first-order valence-corrected chi connectivity index (χ1v) is 10.1. The van der Waals surface area contributed by atoms with E-state index in [0.717, 1.165) is 5.69 Å². The molecular formula is C25H20FN5O2. The fourth-order valence-corrected chi connectivity index (χ4v) is 3.40. The summed E-state index contributed by atoms with van der Waals surface area (Å²) in [4.78, 5) is 12.7. The number of nitriles is 1. The summed E-state index contributed by atoms with van der Waals surface area (Å²) in [7, 11) is 0. The van der Waals surface area contributed by atoms with Crippen LogP contribution in [0, 0.1) is 37.9 Å². The van der Waals surface area contributed by atoms with Gasteiger partial charge in [0.25, 0.3) is 5.56 Å². The normalized spacial score (nSPS) is 11.0. The van der Waals surface area contributed by atoms with Crippen molar-refractivity contribution in [3.05, 3.63) is 105 Å². The Kier molecular flexibility index (Phi) is 5.87. The molecule has 0 unspecified atom stereocenters. The number of rotatable bonds is 5. The maximum atomic E-state index is 13.4. The minimum atomic E-state index is -0.500. The molecule has 0 spiro atoms. The van der Waals surface area contributed by atoms with Gasteiger partial charge in [0.2, 0.25) is 5.88 Å². The third kappa shape index (κ3) is 4.29. The van der Waals surface area contributed by atoms with Crippen LogP contribution in [0.25, 0.3) is 5.69 Å². The van der Waals surface area contributed by atoms with Crippen molar-refractivity contribution in [3.63, 3.8) is 0 Å². The van der Waals surface area contributed by atoms with Gasteiger partial charge in [-0.2, -0.15) is 20.1 Å². The minimum absolute atomic E-state index is 0.0391. The van der Waals surface area contributed by atoms with E-state index in [1.165, 1.54) is 35.2 Å². The van der Waals surface area contributed by atoms with Gasteiger partial charge in [-0.15, -0.1) is 0 Å². The standard InChI is InChI=1S/C25H20FN5O2/c1-16-13-17(2)30(24(32)22(16)14-27)28-15-23-18(3)29-31(20-7-5-4-6-8-20)25(23)33-21-11-9-19(26)10-12-21/h4-13,15H,1-3H3/b28-15+. The number of pyridine rings is 1. The van der Waals surface area contributed by atoms with Gasteiger partial charge in [-0.05, 0) is 68.8 Å². The Balaban J connectivity index is 1.85. The molecule has 0 aliphatic heterocycles. The molecule has 2 heterocycles. The van der Waals surface area contributed by atoms with Gasteiger partial charge < -0.3 is 4.74 Å². The fraction of sp³-hybridized carbons (Fsp3) is 0.120. The number of hydrogen-bond donors (Lipinski definition) is 0. The molecule has 2 aromatic carbocycles. The van der Waals surface area contributed by atoms with Gasteiger partial charge in [0, 0.05) is 5.69 Å². The molecular weight excluding hydrogens is 421 g/mol. The molecule has 0 N–H and O–H groups in total. The molecule has 0 amide bonds. The summed E-state index contributed by atoms with van der Waals surface area (Å²) >= 11 is 0. The number of hydrogen-bond acceptors (Lipinski definition) is 5. The highest BCUT2D eigenvalue weighted by Gasteiger charge is 2.18. The molecule has 164 valence electrons. The molecule has 0 atom stereocenters. The number of halogens is 1. The molecule has 0 saturated carbocycles. The average Bonchev–Trinajstić information content (AvgIpc) is 3.11. The third-order valence-corrected chi connectivity index (χ3v) is 5.07. The van der Waals surface area contributed by atoms with Gasteiger partial charge in [-0.1, -0.05) is 18.2 Å². The van der Waals surface area contributed by atoms with E-state index < -0.39 is 5.56 Å². The lowest BCUT2D eigenvalue weighted by Gasteiger charge is -2.10. The first-order chi connectivity index (χ1) is 15.9. The Hall–Kier alpha value is -4.51. The molecule has 0 bridgehead atoms. The first kappa shape index (κ1) is 21.7. The Labute approximate surface area is 189 Å². The predicted molar refractivity (Wildman–Crippen MR) is 123 cm³/mol. The largest absolute Gasteiger partial charge is 0.438 e. The summed E-state index contributed by atoms with van der Waals surface area (Å²) in [6.45, 7) is 5.25. The Bertz CT molecular complexity index is 1450. The van der Waals surface area contributed by atoms with Gasteiger partial charge >= 0.3 is 0 Å². The predicted octanol–water partition coefficient (Wildman–Crippen LogP) is 4.64. The van der Waals surface area contributed by atoms with Crippen LogP contribution in [0.2, 0.25) is 0 Å². The maximum absolute atomic E-state index is 13.4. The summed E-state index contributed by atoms with van der Waals surface area (Å²) < 4.78 is 22.3. The zero-order chi connectivity index (χ0) is 23.5. The van der Waals surface area contributed by atoms with Crippen LogP contribution < -0.4 is 10.3 Å². The molecule has 4 rings (SSSR count). The molecule has 0 aliphatic carbocycles. The lowest BCUT2D eigenvalue weighted by molar-refractivity contribution is 0.442. The molecule has 0 radical (unpaired) electrons. The van der Waals surface area contributed by atoms with E-state index in [0.29, 0.717) is 34.1 Å². The van der Waals surface area contributed by atoms with Crippen LogP contribution in [-0.2, 0) is 0 Å². The van der Waals surface area contributed by atoms with E-state index in [-0.39, 0.29) is 11.4 Å². The molecule has 33 heavy (non-hydrogen) atoms. The summed E-state index contributed by atoms with van der Waals surface area (Å²) in [6.07, 6.45) is 1.48. The van der Waals surface area contributed by atoms with E-state index in [4.69, 9.17) is 4.74 Å². The number of aryl methyl sites for hydroxylation is 3. The lowest BCUT2D eigenvalue weighted by atomic mass is 10.1. The summed E-state index contributed by atoms with van der Waals surface area (Å²) in [5.41, 5.74) is 2.62. The summed E-state index contributed by atoms with van der Waals surface area (Å²) in [5, 5.41) is 18.3. The van der Waals surface area contributed by atoms with Crippen molar-refractivity contribution in [1.29, 1.82) is 5.26 Å². The Morgan fingerprint density at radius 1 is 1.09 bits per heavy atom. The third-order valence-electron chi connectivity index (χ3n) is 5.07. The monoisotopic (exact) mass is 441 g/mol. The van der Waals surface area contributed by atoms with Crippen LogP contribution >= 0.6 is 0 Å².